The zero-order valence-corrected chi connectivity index (χ0v) is 9.58. The summed E-state index contributed by atoms with van der Waals surface area (Å²) in [6.07, 6.45) is -2.20. The lowest BCUT2D eigenvalue weighted by Gasteiger charge is -2.34. The van der Waals surface area contributed by atoms with E-state index < -0.39 is 12.6 Å². The Labute approximate surface area is 98.3 Å². The minimum atomic E-state index is -4.11. The fourth-order valence-corrected chi connectivity index (χ4v) is 2.14. The van der Waals surface area contributed by atoms with Gasteiger partial charge < -0.3 is 10.9 Å². The number of rotatable bonds is 4. The molecule has 1 rings (SSSR count). The van der Waals surface area contributed by atoms with E-state index in [0.29, 0.717) is 13.1 Å². The first-order valence-electron chi connectivity index (χ1n) is 5.72. The van der Waals surface area contributed by atoms with Crippen LogP contribution in [0.1, 0.15) is 32.1 Å². The number of piperidine rings is 1. The van der Waals surface area contributed by atoms with Gasteiger partial charge in [0.1, 0.15) is 0 Å². The van der Waals surface area contributed by atoms with Crippen LogP contribution in [-0.4, -0.2) is 41.3 Å². The Kier molecular flexibility index (Phi) is 5.04. The van der Waals surface area contributed by atoms with E-state index in [1.54, 1.807) is 0 Å². The van der Waals surface area contributed by atoms with E-state index in [9.17, 15) is 13.2 Å². The first-order chi connectivity index (χ1) is 7.94. The Morgan fingerprint density at radius 2 is 2.12 bits per heavy atom. The van der Waals surface area contributed by atoms with E-state index in [-0.39, 0.29) is 18.3 Å². The third kappa shape index (κ3) is 4.80. The predicted octanol–water partition coefficient (Wildman–Crippen LogP) is 1.93. The topological polar surface area (TPSA) is 61.9 Å². The number of halogens is 3. The normalized spacial score (nSPS) is 23.9. The van der Waals surface area contributed by atoms with Gasteiger partial charge in [-0.1, -0.05) is 11.6 Å². The van der Waals surface area contributed by atoms with Gasteiger partial charge in [0.05, 0.1) is 6.04 Å². The quantitative estimate of drug-likeness (QED) is 0.348. The number of nitrogens with zero attached hydrogens (tertiary/aromatic N) is 2. The molecule has 0 aromatic rings. The smallest absolute Gasteiger partial charge is 0.389 e. The molecule has 3 N–H and O–H groups in total. The Morgan fingerprint density at radius 1 is 1.41 bits per heavy atom. The van der Waals surface area contributed by atoms with Crippen molar-refractivity contribution in [2.45, 2.75) is 44.3 Å². The second-order valence-electron chi connectivity index (χ2n) is 4.29. The van der Waals surface area contributed by atoms with Crippen molar-refractivity contribution in [3.05, 3.63) is 0 Å². The molecule has 17 heavy (non-hydrogen) atoms. The van der Waals surface area contributed by atoms with Crippen molar-refractivity contribution < 1.29 is 18.4 Å². The number of amidine groups is 1. The summed E-state index contributed by atoms with van der Waals surface area (Å²) in [6.45, 7) is 1.04. The van der Waals surface area contributed by atoms with Crippen molar-refractivity contribution in [2.75, 3.05) is 13.1 Å². The molecule has 1 heterocycles. The van der Waals surface area contributed by atoms with Crippen LogP contribution in [0.5, 0.6) is 0 Å². The molecule has 1 atom stereocenters. The highest BCUT2D eigenvalue weighted by Crippen LogP contribution is 2.23. The van der Waals surface area contributed by atoms with Crippen LogP contribution in [0.3, 0.4) is 0 Å². The van der Waals surface area contributed by atoms with Crippen LogP contribution in [0.15, 0.2) is 5.16 Å². The van der Waals surface area contributed by atoms with Gasteiger partial charge in [-0.25, -0.2) is 0 Å². The molecule has 0 saturated carbocycles. The average Bonchev–Trinajstić information content (AvgIpc) is 2.27. The highest BCUT2D eigenvalue weighted by atomic mass is 19.4. The van der Waals surface area contributed by atoms with Gasteiger partial charge in [0.25, 0.3) is 0 Å². The van der Waals surface area contributed by atoms with E-state index in [1.165, 1.54) is 0 Å². The molecule has 0 aromatic heterocycles. The zero-order valence-electron chi connectivity index (χ0n) is 9.58. The monoisotopic (exact) mass is 253 g/mol. The van der Waals surface area contributed by atoms with E-state index in [4.69, 9.17) is 10.9 Å². The minimum Gasteiger partial charge on any atom is -0.409 e. The molecular weight excluding hydrogens is 235 g/mol. The molecule has 0 bridgehead atoms. The summed E-state index contributed by atoms with van der Waals surface area (Å²) in [4.78, 5) is 1.87. The largest absolute Gasteiger partial charge is 0.409 e. The number of hydrogen-bond donors (Lipinski definition) is 2. The maximum Gasteiger partial charge on any atom is 0.389 e. The molecular formula is C10H18F3N3O. The van der Waals surface area contributed by atoms with E-state index in [0.717, 1.165) is 19.3 Å². The molecule has 0 amide bonds. The standard InChI is InChI=1S/C10H18F3N3O/c11-10(12,13)5-3-7-16-6-2-1-4-8(16)9(14)15-17/h8,17H,1-7H2,(H2,14,15). The number of oxime groups is 1. The second kappa shape index (κ2) is 6.09. The fraction of sp³-hybridized carbons (Fsp3) is 0.900. The maximum atomic E-state index is 12.0. The van der Waals surface area contributed by atoms with Gasteiger partial charge in [-0.3, -0.25) is 4.90 Å². The Balaban J connectivity index is 2.43. The molecule has 0 aromatic carbocycles. The minimum absolute atomic E-state index is 0.0543. The van der Waals surface area contributed by atoms with Crippen molar-refractivity contribution in [1.29, 1.82) is 0 Å². The molecule has 1 saturated heterocycles. The van der Waals surface area contributed by atoms with Crippen LogP contribution in [0, 0.1) is 0 Å². The maximum absolute atomic E-state index is 12.0. The van der Waals surface area contributed by atoms with Gasteiger partial charge >= 0.3 is 6.18 Å². The fourth-order valence-electron chi connectivity index (χ4n) is 2.14. The SMILES string of the molecule is NC(=NO)C1CCCCN1CCCC(F)(F)F. The van der Waals surface area contributed by atoms with E-state index >= 15 is 0 Å². The molecule has 0 aliphatic carbocycles. The van der Waals surface area contributed by atoms with Gasteiger partial charge in [-0.15, -0.1) is 0 Å². The molecule has 1 fully saturated rings. The van der Waals surface area contributed by atoms with Crippen LogP contribution in [0.25, 0.3) is 0 Å². The van der Waals surface area contributed by atoms with Crippen LogP contribution in [-0.2, 0) is 0 Å². The van der Waals surface area contributed by atoms with Gasteiger partial charge in [-0.2, -0.15) is 13.2 Å². The first-order valence-corrected chi connectivity index (χ1v) is 5.72. The van der Waals surface area contributed by atoms with Crippen LogP contribution in [0.4, 0.5) is 13.2 Å². The van der Waals surface area contributed by atoms with Crippen molar-refractivity contribution in [1.82, 2.24) is 4.90 Å². The molecule has 0 spiro atoms. The van der Waals surface area contributed by atoms with Crippen molar-refractivity contribution in [3.8, 4) is 0 Å². The summed E-state index contributed by atoms with van der Waals surface area (Å²) in [5.74, 6) is 0.0942. The number of nitrogens with two attached hydrogens (primary N) is 1. The molecule has 4 nitrogen and oxygen atoms in total. The first kappa shape index (κ1) is 14.1. The van der Waals surface area contributed by atoms with Crippen molar-refractivity contribution in [3.63, 3.8) is 0 Å². The van der Waals surface area contributed by atoms with E-state index in [1.807, 2.05) is 4.90 Å². The van der Waals surface area contributed by atoms with Gasteiger partial charge in [0.15, 0.2) is 5.84 Å². The third-order valence-electron chi connectivity index (χ3n) is 2.98. The van der Waals surface area contributed by atoms with Gasteiger partial charge in [0, 0.05) is 6.42 Å². The summed E-state index contributed by atoms with van der Waals surface area (Å²) >= 11 is 0. The number of alkyl halides is 3. The molecule has 1 aliphatic heterocycles. The van der Waals surface area contributed by atoms with Gasteiger partial charge in [0.2, 0.25) is 0 Å². The molecule has 1 aliphatic rings. The lowest BCUT2D eigenvalue weighted by atomic mass is 10.0. The highest BCUT2D eigenvalue weighted by Gasteiger charge is 2.29. The number of likely N-dealkylation sites (tertiary alicyclic amines) is 1. The third-order valence-corrected chi connectivity index (χ3v) is 2.98. The zero-order chi connectivity index (χ0) is 12.9. The molecule has 7 heteroatoms. The Hall–Kier alpha value is -0.980. The highest BCUT2D eigenvalue weighted by molar-refractivity contribution is 5.85. The summed E-state index contributed by atoms with van der Waals surface area (Å²) < 4.78 is 36.1. The Bertz CT molecular complexity index is 268. The lowest BCUT2D eigenvalue weighted by molar-refractivity contribution is -0.136. The second-order valence-corrected chi connectivity index (χ2v) is 4.29. The summed E-state index contributed by atoms with van der Waals surface area (Å²) in [6, 6.07) is -0.220. The average molecular weight is 253 g/mol. The van der Waals surface area contributed by atoms with Crippen LogP contribution >= 0.6 is 0 Å². The van der Waals surface area contributed by atoms with Gasteiger partial charge in [-0.05, 0) is 32.4 Å². The van der Waals surface area contributed by atoms with Crippen LogP contribution < -0.4 is 5.73 Å². The van der Waals surface area contributed by atoms with Crippen molar-refractivity contribution in [2.24, 2.45) is 10.9 Å². The summed E-state index contributed by atoms with van der Waals surface area (Å²) in [5.41, 5.74) is 5.53. The number of hydrogen-bond acceptors (Lipinski definition) is 3. The van der Waals surface area contributed by atoms with Crippen molar-refractivity contribution >= 4 is 5.84 Å². The predicted molar refractivity (Wildman–Crippen MR) is 57.9 cm³/mol. The Morgan fingerprint density at radius 3 is 2.71 bits per heavy atom. The summed E-state index contributed by atoms with van der Waals surface area (Å²) in [7, 11) is 0. The van der Waals surface area contributed by atoms with Crippen LogP contribution in [0.2, 0.25) is 0 Å². The molecule has 1 unspecified atom stereocenters. The van der Waals surface area contributed by atoms with E-state index in [2.05, 4.69) is 5.16 Å². The lowest BCUT2D eigenvalue weighted by Crippen LogP contribution is -2.48. The summed E-state index contributed by atoms with van der Waals surface area (Å²) in [5, 5.41) is 11.6. The molecule has 0 radical (unpaired) electrons. The molecule has 100 valence electrons.